The van der Waals surface area contributed by atoms with E-state index in [9.17, 15) is 9.59 Å². The molecule has 0 fully saturated rings. The van der Waals surface area contributed by atoms with Gasteiger partial charge >= 0.3 is 5.97 Å². The van der Waals surface area contributed by atoms with Gasteiger partial charge in [0, 0.05) is 35.7 Å². The Morgan fingerprint density at radius 2 is 1.85 bits per heavy atom. The van der Waals surface area contributed by atoms with E-state index in [1.54, 1.807) is 0 Å². The minimum Gasteiger partial charge on any atom is -0.466 e. The number of rotatable bonds is 7. The van der Waals surface area contributed by atoms with Crippen molar-refractivity contribution in [2.24, 2.45) is 10.2 Å². The van der Waals surface area contributed by atoms with Crippen LogP contribution in [0.2, 0.25) is 0 Å². The fraction of sp³-hybridized carbons (Fsp3) is 0.222. The van der Waals surface area contributed by atoms with Crippen molar-refractivity contribution in [1.82, 2.24) is 4.98 Å². The number of fused-ring (bicyclic) bond motifs is 2. The lowest BCUT2D eigenvalue weighted by Gasteiger charge is -2.07. The molecular weight excluding hydrogens is 414 g/mol. The first-order valence-corrected chi connectivity index (χ1v) is 11.0. The Kier molecular flexibility index (Phi) is 5.65. The highest BCUT2D eigenvalue weighted by Gasteiger charge is 2.20. The molecule has 5 rings (SSSR count). The van der Waals surface area contributed by atoms with Crippen molar-refractivity contribution in [3.63, 3.8) is 0 Å². The summed E-state index contributed by atoms with van der Waals surface area (Å²) in [7, 11) is 1.39. The summed E-state index contributed by atoms with van der Waals surface area (Å²) in [6.45, 7) is 0.592. The number of carbonyl (C=O) groups excluding carboxylic acids is 2. The largest absolute Gasteiger partial charge is 0.466 e. The summed E-state index contributed by atoms with van der Waals surface area (Å²) in [5.41, 5.74) is 8.35. The van der Waals surface area contributed by atoms with Crippen LogP contribution in [0.25, 0.3) is 6.08 Å². The number of ketones is 1. The third-order valence-corrected chi connectivity index (χ3v) is 6.08. The van der Waals surface area contributed by atoms with Crippen LogP contribution < -0.4 is 0 Å². The average molecular weight is 437 g/mol. The lowest BCUT2D eigenvalue weighted by Crippen LogP contribution is -2.04. The topological polar surface area (TPSA) is 81.0 Å². The Morgan fingerprint density at radius 1 is 1.00 bits per heavy atom. The molecule has 2 aromatic carbocycles. The fourth-order valence-corrected chi connectivity index (χ4v) is 4.27. The SMILES string of the molecule is COC(=O)C1=Cc2cc(CCc3cccc(CC(=O)c4ccc5c(c4)N=NC5)c3)cnc2C1. The number of azo groups is 1. The van der Waals surface area contributed by atoms with Crippen LogP contribution in [0.5, 0.6) is 0 Å². The van der Waals surface area contributed by atoms with Crippen molar-refractivity contribution in [2.75, 3.05) is 7.11 Å². The minimum absolute atomic E-state index is 0.0769. The van der Waals surface area contributed by atoms with E-state index in [1.165, 1.54) is 12.7 Å². The number of carbonyl (C=O) groups is 2. The van der Waals surface area contributed by atoms with Crippen LogP contribution in [0.15, 0.2) is 70.5 Å². The molecule has 1 aliphatic carbocycles. The quantitative estimate of drug-likeness (QED) is 0.385. The Bertz CT molecular complexity index is 1320. The number of hydrogen-bond donors (Lipinski definition) is 0. The molecule has 1 aliphatic heterocycles. The number of ether oxygens (including phenoxy) is 1. The van der Waals surface area contributed by atoms with Crippen molar-refractivity contribution in [3.8, 4) is 0 Å². The van der Waals surface area contributed by atoms with E-state index in [1.807, 2.05) is 42.6 Å². The van der Waals surface area contributed by atoms with Gasteiger partial charge < -0.3 is 4.74 Å². The van der Waals surface area contributed by atoms with Gasteiger partial charge in [0.25, 0.3) is 0 Å². The Balaban J connectivity index is 1.23. The molecule has 33 heavy (non-hydrogen) atoms. The molecule has 0 saturated heterocycles. The van der Waals surface area contributed by atoms with Crippen LogP contribution in [-0.4, -0.2) is 23.8 Å². The van der Waals surface area contributed by atoms with Crippen molar-refractivity contribution < 1.29 is 14.3 Å². The van der Waals surface area contributed by atoms with Crippen molar-refractivity contribution in [1.29, 1.82) is 0 Å². The molecular formula is C27H23N3O3. The maximum absolute atomic E-state index is 12.8. The first-order valence-electron chi connectivity index (χ1n) is 11.0. The molecule has 0 radical (unpaired) electrons. The second-order valence-corrected chi connectivity index (χ2v) is 8.38. The fourth-order valence-electron chi connectivity index (χ4n) is 4.27. The molecule has 0 bridgehead atoms. The molecule has 2 aliphatic rings. The third-order valence-electron chi connectivity index (χ3n) is 6.08. The normalized spacial score (nSPS) is 13.4. The second-order valence-electron chi connectivity index (χ2n) is 8.38. The molecule has 164 valence electrons. The van der Waals surface area contributed by atoms with E-state index < -0.39 is 0 Å². The Morgan fingerprint density at radius 3 is 2.73 bits per heavy atom. The zero-order chi connectivity index (χ0) is 22.8. The predicted molar refractivity (Wildman–Crippen MR) is 124 cm³/mol. The second kappa shape index (κ2) is 8.90. The summed E-state index contributed by atoms with van der Waals surface area (Å²) in [5.74, 6) is -0.224. The molecule has 0 atom stereocenters. The smallest absolute Gasteiger partial charge is 0.334 e. The summed E-state index contributed by atoms with van der Waals surface area (Å²) < 4.78 is 4.82. The number of hydrogen-bond acceptors (Lipinski definition) is 6. The molecule has 2 heterocycles. The minimum atomic E-state index is -0.301. The zero-order valence-corrected chi connectivity index (χ0v) is 18.4. The van der Waals surface area contributed by atoms with Gasteiger partial charge in [0.05, 0.1) is 25.0 Å². The Labute approximate surface area is 192 Å². The number of pyridine rings is 1. The van der Waals surface area contributed by atoms with Crippen molar-refractivity contribution in [3.05, 3.63) is 99.4 Å². The average Bonchev–Trinajstić information content (AvgIpc) is 3.48. The van der Waals surface area contributed by atoms with Crippen molar-refractivity contribution >= 4 is 23.5 Å². The zero-order valence-electron chi connectivity index (χ0n) is 18.4. The maximum Gasteiger partial charge on any atom is 0.334 e. The van der Waals surface area contributed by atoms with Gasteiger partial charge in [-0.2, -0.15) is 10.2 Å². The number of aryl methyl sites for hydroxylation is 2. The highest BCUT2D eigenvalue weighted by molar-refractivity contribution is 5.98. The number of methoxy groups -OCH3 is 1. The summed E-state index contributed by atoms with van der Waals surface area (Å²) in [4.78, 5) is 29.1. The van der Waals surface area contributed by atoms with E-state index in [0.717, 1.165) is 46.5 Å². The van der Waals surface area contributed by atoms with Gasteiger partial charge in [-0.15, -0.1) is 0 Å². The van der Waals surface area contributed by atoms with Crippen LogP contribution in [0.1, 0.15) is 43.9 Å². The highest BCUT2D eigenvalue weighted by Crippen LogP contribution is 2.28. The number of benzene rings is 2. The number of aromatic nitrogens is 1. The van der Waals surface area contributed by atoms with Gasteiger partial charge in [-0.25, -0.2) is 4.79 Å². The van der Waals surface area contributed by atoms with Gasteiger partial charge in [0.15, 0.2) is 5.78 Å². The van der Waals surface area contributed by atoms with E-state index >= 15 is 0 Å². The van der Waals surface area contributed by atoms with Gasteiger partial charge in [0.1, 0.15) is 0 Å². The van der Waals surface area contributed by atoms with Crippen LogP contribution in [-0.2, 0) is 41.8 Å². The van der Waals surface area contributed by atoms with Gasteiger partial charge in [0.2, 0.25) is 0 Å². The van der Waals surface area contributed by atoms with E-state index in [0.29, 0.717) is 30.5 Å². The van der Waals surface area contributed by atoms with E-state index in [2.05, 4.69) is 33.4 Å². The molecule has 6 nitrogen and oxygen atoms in total. The molecule has 0 saturated carbocycles. The van der Waals surface area contributed by atoms with Crippen LogP contribution in [0, 0.1) is 0 Å². The number of Topliss-reactive ketones (excluding diaryl/α,β-unsaturated/α-hetero) is 1. The van der Waals surface area contributed by atoms with Gasteiger partial charge in [-0.05, 0) is 53.3 Å². The first-order chi connectivity index (χ1) is 16.1. The monoisotopic (exact) mass is 437 g/mol. The first kappa shape index (κ1) is 20.9. The predicted octanol–water partition coefficient (Wildman–Crippen LogP) is 5.00. The summed E-state index contributed by atoms with van der Waals surface area (Å²) >= 11 is 0. The molecule has 0 spiro atoms. The molecule has 3 aromatic rings. The van der Waals surface area contributed by atoms with Crippen LogP contribution >= 0.6 is 0 Å². The molecule has 1 aromatic heterocycles. The molecule has 0 unspecified atom stereocenters. The summed E-state index contributed by atoms with van der Waals surface area (Å²) in [5, 5.41) is 8.11. The van der Waals surface area contributed by atoms with E-state index in [-0.39, 0.29) is 11.8 Å². The summed E-state index contributed by atoms with van der Waals surface area (Å²) in [6.07, 6.45) is 6.29. The lowest BCUT2D eigenvalue weighted by molar-refractivity contribution is -0.136. The number of esters is 1. The Hall–Kier alpha value is -3.93. The van der Waals surface area contributed by atoms with Gasteiger partial charge in [-0.1, -0.05) is 36.4 Å². The van der Waals surface area contributed by atoms with Crippen molar-refractivity contribution in [2.45, 2.75) is 32.2 Å². The highest BCUT2D eigenvalue weighted by atomic mass is 16.5. The number of nitrogens with zero attached hydrogens (tertiary/aromatic N) is 3. The van der Waals surface area contributed by atoms with Gasteiger partial charge in [-0.3, -0.25) is 9.78 Å². The lowest BCUT2D eigenvalue weighted by atomic mass is 9.98. The summed E-state index contributed by atoms with van der Waals surface area (Å²) in [6, 6.07) is 15.9. The van der Waals surface area contributed by atoms with Crippen LogP contribution in [0.4, 0.5) is 5.69 Å². The standard InChI is InChI=1S/C27H23N3O3/c1-33-27(32)23-12-22-10-19(15-28-24(22)14-23)6-5-17-3-2-4-18(9-17)11-26(31)20-7-8-21-16-29-30-25(21)13-20/h2-4,7-10,12-13,15H,5-6,11,14,16H2,1H3. The van der Waals surface area contributed by atoms with E-state index in [4.69, 9.17) is 4.74 Å². The van der Waals surface area contributed by atoms with Crippen LogP contribution in [0.3, 0.4) is 0 Å². The molecule has 6 heteroatoms. The maximum atomic E-state index is 12.8. The molecule has 0 N–H and O–H groups in total. The molecule has 0 amide bonds. The third kappa shape index (κ3) is 4.51.